The van der Waals surface area contributed by atoms with Crippen molar-refractivity contribution in [1.82, 2.24) is 0 Å². The summed E-state index contributed by atoms with van der Waals surface area (Å²) in [5, 5.41) is 0. The normalized spacial score (nSPS) is 15.5. The van der Waals surface area contributed by atoms with Crippen LogP contribution in [0, 0.1) is 10.8 Å². The molecule has 2 heteroatoms. The number of rotatable bonds is 5. The summed E-state index contributed by atoms with van der Waals surface area (Å²) in [7, 11) is 0. The average Bonchev–Trinajstić information content (AvgIpc) is 2.13. The third-order valence-corrected chi connectivity index (χ3v) is 2.59. The van der Waals surface area contributed by atoms with Crippen molar-refractivity contribution in [3.63, 3.8) is 0 Å². The predicted molar refractivity (Wildman–Crippen MR) is 63.6 cm³/mol. The lowest BCUT2D eigenvalue weighted by atomic mass is 9.79. The van der Waals surface area contributed by atoms with Crippen LogP contribution in [0.4, 0.5) is 0 Å². The maximum Gasteiger partial charge on any atom is 0.315 e. The molecule has 0 saturated heterocycles. The molecule has 0 amide bonds. The summed E-state index contributed by atoms with van der Waals surface area (Å²) in [6.45, 7) is 14.4. The molecule has 0 aromatic heterocycles. The van der Waals surface area contributed by atoms with Gasteiger partial charge in [0, 0.05) is 0 Å². The Labute approximate surface area is 93.7 Å². The van der Waals surface area contributed by atoms with E-state index in [4.69, 9.17) is 4.74 Å². The Balaban J connectivity index is 4.44. The molecule has 0 fully saturated rings. The number of esters is 1. The molecule has 0 heterocycles. The van der Waals surface area contributed by atoms with Crippen molar-refractivity contribution in [2.75, 3.05) is 6.61 Å². The number of hydrogen-bond donors (Lipinski definition) is 0. The van der Waals surface area contributed by atoms with Crippen LogP contribution in [-0.4, -0.2) is 12.6 Å². The lowest BCUT2D eigenvalue weighted by Gasteiger charge is -2.27. The van der Waals surface area contributed by atoms with Crippen LogP contribution in [-0.2, 0) is 9.53 Å². The highest BCUT2D eigenvalue weighted by molar-refractivity contribution is 5.78. The number of carbonyl (C=O) groups is 1. The van der Waals surface area contributed by atoms with Crippen LogP contribution in [0.3, 0.4) is 0 Å². The lowest BCUT2D eigenvalue weighted by Crippen LogP contribution is -2.29. The largest absolute Gasteiger partial charge is 0.465 e. The molecule has 0 bridgehead atoms. The third kappa shape index (κ3) is 5.01. The van der Waals surface area contributed by atoms with Crippen LogP contribution in [0.15, 0.2) is 12.7 Å². The topological polar surface area (TPSA) is 26.3 Å². The minimum absolute atomic E-state index is 0.163. The van der Waals surface area contributed by atoms with Gasteiger partial charge < -0.3 is 4.74 Å². The fourth-order valence-corrected chi connectivity index (χ4v) is 1.22. The van der Waals surface area contributed by atoms with E-state index < -0.39 is 5.41 Å². The molecule has 0 aromatic carbocycles. The first-order chi connectivity index (χ1) is 6.75. The molecule has 1 unspecified atom stereocenters. The maximum absolute atomic E-state index is 11.7. The highest BCUT2D eigenvalue weighted by Crippen LogP contribution is 2.32. The molecule has 88 valence electrons. The molecule has 0 aromatic rings. The van der Waals surface area contributed by atoms with Gasteiger partial charge in [0.05, 0.1) is 12.0 Å². The zero-order valence-corrected chi connectivity index (χ0v) is 10.7. The summed E-state index contributed by atoms with van der Waals surface area (Å²) in [6.07, 6.45) is 3.48. The molecular formula is C13H24O2. The predicted octanol–water partition coefficient (Wildman–Crippen LogP) is 3.57. The van der Waals surface area contributed by atoms with E-state index in [1.807, 2.05) is 13.8 Å². The van der Waals surface area contributed by atoms with Crippen molar-refractivity contribution in [3.05, 3.63) is 12.7 Å². The number of ether oxygens (including phenoxy) is 1. The van der Waals surface area contributed by atoms with Crippen molar-refractivity contribution in [3.8, 4) is 0 Å². The standard InChI is InChI=1S/C13H24O2/c1-7-13(6,11(14)15-8-2)10-9-12(3,4)5/h7H,1,8-10H2,2-6H3. The molecular weight excluding hydrogens is 188 g/mol. The molecule has 2 nitrogen and oxygen atoms in total. The van der Waals surface area contributed by atoms with Gasteiger partial charge in [-0.2, -0.15) is 0 Å². The highest BCUT2D eigenvalue weighted by atomic mass is 16.5. The zero-order valence-electron chi connectivity index (χ0n) is 10.7. The maximum atomic E-state index is 11.7. The van der Waals surface area contributed by atoms with E-state index in [9.17, 15) is 4.79 Å². The molecule has 0 aliphatic heterocycles. The molecule has 1 atom stereocenters. The van der Waals surface area contributed by atoms with Gasteiger partial charge in [0.1, 0.15) is 0 Å². The van der Waals surface area contributed by atoms with Gasteiger partial charge in [0.2, 0.25) is 0 Å². The second-order valence-corrected chi connectivity index (χ2v) is 5.40. The summed E-state index contributed by atoms with van der Waals surface area (Å²) < 4.78 is 5.05. The van der Waals surface area contributed by atoms with E-state index in [0.717, 1.165) is 12.8 Å². The van der Waals surface area contributed by atoms with E-state index in [0.29, 0.717) is 6.61 Å². The Morgan fingerprint density at radius 3 is 2.13 bits per heavy atom. The fraction of sp³-hybridized carbons (Fsp3) is 0.769. The van der Waals surface area contributed by atoms with E-state index in [2.05, 4.69) is 27.4 Å². The second kappa shape index (κ2) is 5.34. The molecule has 0 radical (unpaired) electrons. The van der Waals surface area contributed by atoms with Gasteiger partial charge in [-0.1, -0.05) is 26.8 Å². The van der Waals surface area contributed by atoms with Gasteiger partial charge in [-0.25, -0.2) is 0 Å². The molecule has 0 N–H and O–H groups in total. The van der Waals surface area contributed by atoms with E-state index in [-0.39, 0.29) is 11.4 Å². The quantitative estimate of drug-likeness (QED) is 0.514. The van der Waals surface area contributed by atoms with Gasteiger partial charge in [-0.3, -0.25) is 4.79 Å². The summed E-state index contributed by atoms with van der Waals surface area (Å²) >= 11 is 0. The number of hydrogen-bond acceptors (Lipinski definition) is 2. The molecule has 0 spiro atoms. The summed E-state index contributed by atoms with van der Waals surface area (Å²) in [6, 6.07) is 0. The van der Waals surface area contributed by atoms with Crippen molar-refractivity contribution in [1.29, 1.82) is 0 Å². The minimum Gasteiger partial charge on any atom is -0.465 e. The highest BCUT2D eigenvalue weighted by Gasteiger charge is 2.32. The van der Waals surface area contributed by atoms with E-state index in [1.54, 1.807) is 6.08 Å². The van der Waals surface area contributed by atoms with Crippen LogP contribution in [0.1, 0.15) is 47.5 Å². The fourth-order valence-electron chi connectivity index (χ4n) is 1.22. The van der Waals surface area contributed by atoms with Crippen molar-refractivity contribution in [2.45, 2.75) is 47.5 Å². The van der Waals surface area contributed by atoms with E-state index >= 15 is 0 Å². The zero-order chi connectivity index (χ0) is 12.1. The lowest BCUT2D eigenvalue weighted by molar-refractivity contribution is -0.152. The van der Waals surface area contributed by atoms with E-state index in [1.165, 1.54) is 0 Å². The monoisotopic (exact) mass is 212 g/mol. The average molecular weight is 212 g/mol. The van der Waals surface area contributed by atoms with Crippen LogP contribution >= 0.6 is 0 Å². The first-order valence-electron chi connectivity index (χ1n) is 5.56. The Bertz CT molecular complexity index is 225. The third-order valence-electron chi connectivity index (χ3n) is 2.59. The summed E-state index contributed by atoms with van der Waals surface area (Å²) in [5.74, 6) is -0.163. The van der Waals surface area contributed by atoms with Gasteiger partial charge >= 0.3 is 5.97 Å². The van der Waals surface area contributed by atoms with Gasteiger partial charge in [-0.15, -0.1) is 6.58 Å². The van der Waals surface area contributed by atoms with Crippen LogP contribution in [0.5, 0.6) is 0 Å². The minimum atomic E-state index is -0.538. The van der Waals surface area contributed by atoms with Crippen LogP contribution in [0.2, 0.25) is 0 Å². The smallest absolute Gasteiger partial charge is 0.315 e. The molecule has 0 aliphatic rings. The van der Waals surface area contributed by atoms with Crippen molar-refractivity contribution in [2.24, 2.45) is 10.8 Å². The Hall–Kier alpha value is -0.790. The molecule has 0 rings (SSSR count). The summed E-state index contributed by atoms with van der Waals surface area (Å²) in [4.78, 5) is 11.7. The van der Waals surface area contributed by atoms with Gasteiger partial charge in [0.15, 0.2) is 0 Å². The van der Waals surface area contributed by atoms with Gasteiger partial charge in [-0.05, 0) is 32.1 Å². The number of carbonyl (C=O) groups excluding carboxylic acids is 1. The first kappa shape index (κ1) is 14.2. The van der Waals surface area contributed by atoms with Crippen LogP contribution in [0.25, 0.3) is 0 Å². The molecule has 15 heavy (non-hydrogen) atoms. The Morgan fingerprint density at radius 1 is 1.27 bits per heavy atom. The SMILES string of the molecule is C=CC(C)(CCC(C)(C)C)C(=O)OCC. The van der Waals surface area contributed by atoms with Crippen LogP contribution < -0.4 is 0 Å². The first-order valence-corrected chi connectivity index (χ1v) is 5.56. The Kier molecular flexibility index (Phi) is 5.06. The Morgan fingerprint density at radius 2 is 1.80 bits per heavy atom. The second-order valence-electron chi connectivity index (χ2n) is 5.40. The van der Waals surface area contributed by atoms with Crippen molar-refractivity contribution >= 4 is 5.97 Å². The van der Waals surface area contributed by atoms with Crippen molar-refractivity contribution < 1.29 is 9.53 Å². The molecule has 0 aliphatic carbocycles. The molecule has 0 saturated carbocycles. The summed E-state index contributed by atoms with van der Waals surface area (Å²) in [5.41, 5.74) is -0.306. The van der Waals surface area contributed by atoms with Gasteiger partial charge in [0.25, 0.3) is 0 Å².